The summed E-state index contributed by atoms with van der Waals surface area (Å²) < 4.78 is 22.4. The number of rotatable bonds is 5. The largest absolute Gasteiger partial charge is 0.493 e. The summed E-state index contributed by atoms with van der Waals surface area (Å²) >= 11 is 2.19. The Morgan fingerprint density at radius 3 is 2.46 bits per heavy atom. The molecule has 0 amide bonds. The Morgan fingerprint density at radius 1 is 1.04 bits per heavy atom. The minimum absolute atomic E-state index is 0.185. The van der Waals surface area contributed by atoms with Crippen molar-refractivity contribution in [3.05, 3.63) is 56.8 Å². The zero-order valence-corrected chi connectivity index (χ0v) is 16.6. The van der Waals surface area contributed by atoms with Gasteiger partial charge in [-0.25, -0.2) is 9.79 Å². The van der Waals surface area contributed by atoms with Crippen molar-refractivity contribution >= 4 is 40.5 Å². The van der Waals surface area contributed by atoms with Crippen molar-refractivity contribution in [2.45, 2.75) is 0 Å². The van der Waals surface area contributed by atoms with Crippen LogP contribution in [0.25, 0.3) is 6.08 Å². The lowest BCUT2D eigenvalue weighted by Crippen LogP contribution is -2.05. The number of esters is 1. The van der Waals surface area contributed by atoms with Gasteiger partial charge in [-0.05, 0) is 59.0 Å². The van der Waals surface area contributed by atoms with Crippen LogP contribution in [0.2, 0.25) is 0 Å². The Morgan fingerprint density at radius 2 is 1.81 bits per heavy atom. The molecule has 0 fully saturated rings. The minimum atomic E-state index is -0.518. The van der Waals surface area contributed by atoms with Crippen molar-refractivity contribution in [2.75, 3.05) is 21.3 Å². The fourth-order valence-corrected chi connectivity index (χ4v) is 3.08. The summed E-state index contributed by atoms with van der Waals surface area (Å²) in [5, 5.41) is 0. The monoisotopic (exact) mass is 465 g/mol. The number of ether oxygens (including phenoxy) is 4. The zero-order chi connectivity index (χ0) is 18.7. The Labute approximate surface area is 164 Å². The number of carbonyl (C=O) groups is 1. The van der Waals surface area contributed by atoms with Crippen molar-refractivity contribution in [1.29, 1.82) is 0 Å². The van der Waals surface area contributed by atoms with E-state index in [1.54, 1.807) is 25.3 Å². The molecule has 134 valence electrons. The summed E-state index contributed by atoms with van der Waals surface area (Å²) in [5.41, 5.74) is 1.56. The van der Waals surface area contributed by atoms with Gasteiger partial charge in [-0.15, -0.1) is 0 Å². The van der Waals surface area contributed by atoms with E-state index in [1.807, 2.05) is 24.3 Å². The van der Waals surface area contributed by atoms with E-state index in [2.05, 4.69) is 27.6 Å². The molecule has 3 rings (SSSR count). The fraction of sp³-hybridized carbons (Fsp3) is 0.158. The summed E-state index contributed by atoms with van der Waals surface area (Å²) in [6.07, 6.45) is 1.60. The molecule has 1 aliphatic heterocycles. The molecule has 0 unspecified atom stereocenters. The van der Waals surface area contributed by atoms with Gasteiger partial charge in [-0.1, -0.05) is 6.07 Å². The van der Waals surface area contributed by atoms with Crippen LogP contribution in [0.1, 0.15) is 11.1 Å². The topological polar surface area (TPSA) is 66.4 Å². The molecule has 0 saturated heterocycles. The van der Waals surface area contributed by atoms with Crippen molar-refractivity contribution in [3.8, 4) is 17.2 Å². The number of nitrogens with zero attached hydrogens (tertiary/aromatic N) is 1. The van der Waals surface area contributed by atoms with Crippen molar-refractivity contribution < 1.29 is 23.7 Å². The van der Waals surface area contributed by atoms with Crippen LogP contribution in [0.5, 0.6) is 17.2 Å². The molecule has 0 aromatic heterocycles. The second-order valence-electron chi connectivity index (χ2n) is 5.27. The molecule has 0 radical (unpaired) electrons. The maximum Gasteiger partial charge on any atom is 0.363 e. The normalized spacial score (nSPS) is 14.8. The van der Waals surface area contributed by atoms with Gasteiger partial charge in [0.1, 0.15) is 0 Å². The minimum Gasteiger partial charge on any atom is -0.493 e. The first kappa shape index (κ1) is 18.2. The summed E-state index contributed by atoms with van der Waals surface area (Å²) in [4.78, 5) is 16.5. The lowest BCUT2D eigenvalue weighted by Gasteiger charge is -2.14. The molecule has 6 nitrogen and oxygen atoms in total. The van der Waals surface area contributed by atoms with Gasteiger partial charge in [0.15, 0.2) is 17.2 Å². The third-order valence-corrected chi connectivity index (χ3v) is 4.39. The van der Waals surface area contributed by atoms with Gasteiger partial charge in [-0.3, -0.25) is 0 Å². The molecule has 7 heteroatoms. The van der Waals surface area contributed by atoms with Crippen LogP contribution < -0.4 is 14.2 Å². The highest BCUT2D eigenvalue weighted by Crippen LogP contribution is 2.40. The van der Waals surface area contributed by atoms with Crippen LogP contribution in [-0.4, -0.2) is 33.2 Å². The number of hydrogen-bond donors (Lipinski definition) is 0. The van der Waals surface area contributed by atoms with Crippen molar-refractivity contribution in [2.24, 2.45) is 4.99 Å². The average Bonchev–Trinajstić information content (AvgIpc) is 3.01. The molecule has 1 aliphatic rings. The molecular weight excluding hydrogens is 449 g/mol. The number of carbonyl (C=O) groups excluding carboxylic acids is 1. The van der Waals surface area contributed by atoms with Crippen molar-refractivity contribution in [1.82, 2.24) is 0 Å². The molecule has 2 aromatic carbocycles. The van der Waals surface area contributed by atoms with E-state index in [9.17, 15) is 4.79 Å². The first-order valence-electron chi connectivity index (χ1n) is 7.65. The molecular formula is C19H16INO5. The third kappa shape index (κ3) is 3.52. The summed E-state index contributed by atoms with van der Waals surface area (Å²) in [6.45, 7) is 0. The van der Waals surface area contributed by atoms with E-state index >= 15 is 0 Å². The van der Waals surface area contributed by atoms with Gasteiger partial charge in [0, 0.05) is 14.7 Å². The molecule has 0 aliphatic carbocycles. The number of cyclic esters (lactones) is 1. The molecule has 0 spiro atoms. The standard InChI is InChI=1S/C19H16INO5/c1-23-15-8-7-11(16(24-2)17(15)25-3)10-14-19(22)26-18(21-14)12-5-4-6-13(20)9-12/h4-10H,1-3H3/b14-10-. The van der Waals surface area contributed by atoms with Gasteiger partial charge in [0.05, 0.1) is 21.3 Å². The SMILES string of the molecule is COc1ccc(/C=C2\N=C(c3cccc(I)c3)OC2=O)c(OC)c1OC. The van der Waals surface area contributed by atoms with E-state index in [0.29, 0.717) is 22.8 Å². The molecule has 26 heavy (non-hydrogen) atoms. The van der Waals surface area contributed by atoms with Gasteiger partial charge >= 0.3 is 5.97 Å². The third-order valence-electron chi connectivity index (χ3n) is 3.72. The van der Waals surface area contributed by atoms with Crippen LogP contribution in [0, 0.1) is 3.57 Å². The zero-order valence-electron chi connectivity index (χ0n) is 14.4. The Balaban J connectivity index is 2.03. The lowest BCUT2D eigenvalue weighted by atomic mass is 10.1. The second-order valence-corrected chi connectivity index (χ2v) is 6.52. The number of hydrogen-bond acceptors (Lipinski definition) is 6. The van der Waals surface area contributed by atoms with E-state index in [1.165, 1.54) is 14.2 Å². The van der Waals surface area contributed by atoms with Gasteiger partial charge < -0.3 is 18.9 Å². The van der Waals surface area contributed by atoms with E-state index in [-0.39, 0.29) is 11.6 Å². The number of halogens is 1. The molecule has 0 N–H and O–H groups in total. The molecule has 2 aromatic rings. The van der Waals surface area contributed by atoms with Crippen LogP contribution >= 0.6 is 22.6 Å². The van der Waals surface area contributed by atoms with Gasteiger partial charge in [0.25, 0.3) is 0 Å². The summed E-state index contributed by atoms with van der Waals surface area (Å²) in [5.74, 6) is 1.18. The highest BCUT2D eigenvalue weighted by Gasteiger charge is 2.25. The molecule has 0 atom stereocenters. The molecule has 0 bridgehead atoms. The smallest absolute Gasteiger partial charge is 0.363 e. The number of benzene rings is 2. The maximum atomic E-state index is 12.2. The first-order chi connectivity index (χ1) is 12.6. The van der Waals surface area contributed by atoms with Crippen LogP contribution in [-0.2, 0) is 9.53 Å². The van der Waals surface area contributed by atoms with Crippen LogP contribution in [0.3, 0.4) is 0 Å². The van der Waals surface area contributed by atoms with E-state index < -0.39 is 5.97 Å². The van der Waals surface area contributed by atoms with E-state index in [0.717, 1.165) is 9.13 Å². The molecule has 0 saturated carbocycles. The predicted molar refractivity (Wildman–Crippen MR) is 106 cm³/mol. The predicted octanol–water partition coefficient (Wildman–Crippen LogP) is 3.66. The Kier molecular flexibility index (Phi) is 5.46. The number of aliphatic imine (C=N–C) groups is 1. The highest BCUT2D eigenvalue weighted by molar-refractivity contribution is 14.1. The quantitative estimate of drug-likeness (QED) is 0.383. The highest BCUT2D eigenvalue weighted by atomic mass is 127. The van der Waals surface area contributed by atoms with E-state index in [4.69, 9.17) is 18.9 Å². The molecule has 1 heterocycles. The lowest BCUT2D eigenvalue weighted by molar-refractivity contribution is -0.129. The van der Waals surface area contributed by atoms with Crippen LogP contribution in [0.4, 0.5) is 0 Å². The van der Waals surface area contributed by atoms with Crippen molar-refractivity contribution in [3.63, 3.8) is 0 Å². The number of methoxy groups -OCH3 is 3. The van der Waals surface area contributed by atoms with Gasteiger partial charge in [-0.2, -0.15) is 0 Å². The Bertz CT molecular complexity index is 920. The fourth-order valence-electron chi connectivity index (χ4n) is 2.54. The summed E-state index contributed by atoms with van der Waals surface area (Å²) in [7, 11) is 4.59. The first-order valence-corrected chi connectivity index (χ1v) is 8.72. The maximum absolute atomic E-state index is 12.2. The second kappa shape index (κ2) is 7.77. The average molecular weight is 465 g/mol. The summed E-state index contributed by atoms with van der Waals surface area (Å²) in [6, 6.07) is 11.1. The Hall–Kier alpha value is -2.55. The van der Waals surface area contributed by atoms with Crippen LogP contribution in [0.15, 0.2) is 47.1 Å². The van der Waals surface area contributed by atoms with Gasteiger partial charge in [0.2, 0.25) is 11.6 Å².